The predicted molar refractivity (Wildman–Crippen MR) is 85.0 cm³/mol. The molecule has 1 saturated heterocycles. The molecule has 2 rings (SSSR count). The fraction of sp³-hybridized carbons (Fsp3) is 0.500. The van der Waals surface area contributed by atoms with Gasteiger partial charge in [-0.2, -0.15) is 0 Å². The van der Waals surface area contributed by atoms with Gasteiger partial charge in [0.2, 0.25) is 5.91 Å². The molecular weight excluding hydrogens is 282 g/mol. The van der Waals surface area contributed by atoms with Gasteiger partial charge < -0.3 is 19.8 Å². The lowest BCUT2D eigenvalue weighted by molar-refractivity contribution is -0.135. The van der Waals surface area contributed by atoms with E-state index in [-0.39, 0.29) is 19.0 Å². The van der Waals surface area contributed by atoms with Gasteiger partial charge in [-0.3, -0.25) is 9.59 Å². The summed E-state index contributed by atoms with van der Waals surface area (Å²) in [7, 11) is 2.05. The number of hydrogen-bond donors (Lipinski definition) is 1. The van der Waals surface area contributed by atoms with Crippen molar-refractivity contribution in [2.45, 2.75) is 6.42 Å². The summed E-state index contributed by atoms with van der Waals surface area (Å²) in [6, 6.07) is 9.21. The molecule has 0 atom stereocenters. The summed E-state index contributed by atoms with van der Waals surface area (Å²) in [5.74, 6) is -0.951. The first kappa shape index (κ1) is 16.3. The van der Waals surface area contributed by atoms with Crippen molar-refractivity contribution in [2.75, 3.05) is 51.2 Å². The van der Waals surface area contributed by atoms with Gasteiger partial charge >= 0.3 is 5.97 Å². The van der Waals surface area contributed by atoms with Gasteiger partial charge in [-0.05, 0) is 32.1 Å². The van der Waals surface area contributed by atoms with Crippen LogP contribution in [0.3, 0.4) is 0 Å². The number of anilines is 1. The van der Waals surface area contributed by atoms with Gasteiger partial charge in [0.15, 0.2) is 0 Å². The van der Waals surface area contributed by atoms with Gasteiger partial charge in [0, 0.05) is 25.3 Å². The van der Waals surface area contributed by atoms with Crippen LogP contribution in [0.1, 0.15) is 6.42 Å². The topological polar surface area (TPSA) is 64.1 Å². The quantitative estimate of drug-likeness (QED) is 0.869. The molecule has 0 aromatic heterocycles. The zero-order valence-electron chi connectivity index (χ0n) is 12.9. The average molecular weight is 305 g/mol. The van der Waals surface area contributed by atoms with Crippen LogP contribution in [0.15, 0.2) is 30.3 Å². The first-order chi connectivity index (χ1) is 10.6. The van der Waals surface area contributed by atoms with Crippen molar-refractivity contribution in [3.05, 3.63) is 30.3 Å². The molecule has 1 aliphatic rings. The summed E-state index contributed by atoms with van der Waals surface area (Å²) in [6.07, 6.45) is 0.951. The maximum Gasteiger partial charge on any atom is 0.323 e. The molecule has 1 aliphatic heterocycles. The zero-order chi connectivity index (χ0) is 15.9. The van der Waals surface area contributed by atoms with E-state index < -0.39 is 5.97 Å². The Bertz CT molecular complexity index is 507. The lowest BCUT2D eigenvalue weighted by Gasteiger charge is -2.27. The van der Waals surface area contributed by atoms with Gasteiger partial charge in [0.1, 0.15) is 6.54 Å². The van der Waals surface area contributed by atoms with E-state index in [4.69, 9.17) is 5.11 Å². The van der Waals surface area contributed by atoms with Crippen molar-refractivity contribution in [1.29, 1.82) is 0 Å². The largest absolute Gasteiger partial charge is 0.480 e. The maximum absolute atomic E-state index is 12.5. The van der Waals surface area contributed by atoms with E-state index in [1.807, 2.05) is 35.2 Å². The van der Waals surface area contributed by atoms with E-state index >= 15 is 0 Å². The monoisotopic (exact) mass is 305 g/mol. The Kier molecular flexibility index (Phi) is 5.77. The van der Waals surface area contributed by atoms with Crippen LogP contribution >= 0.6 is 0 Å². The highest BCUT2D eigenvalue weighted by Crippen LogP contribution is 2.13. The van der Waals surface area contributed by atoms with Crippen LogP contribution < -0.4 is 4.90 Å². The molecular formula is C16H23N3O3. The molecule has 6 nitrogen and oxygen atoms in total. The highest BCUT2D eigenvalue weighted by atomic mass is 16.4. The van der Waals surface area contributed by atoms with Gasteiger partial charge in [-0.25, -0.2) is 0 Å². The molecule has 0 unspecified atom stereocenters. The maximum atomic E-state index is 12.5. The van der Waals surface area contributed by atoms with Crippen LogP contribution in [0.2, 0.25) is 0 Å². The third-order valence-electron chi connectivity index (χ3n) is 3.85. The number of hydrogen-bond acceptors (Lipinski definition) is 4. The highest BCUT2D eigenvalue weighted by molar-refractivity contribution is 5.84. The van der Waals surface area contributed by atoms with E-state index in [1.54, 1.807) is 4.90 Å². The van der Waals surface area contributed by atoms with Crippen LogP contribution in [0.5, 0.6) is 0 Å². The smallest absolute Gasteiger partial charge is 0.323 e. The second-order valence-corrected chi connectivity index (χ2v) is 5.62. The second-order valence-electron chi connectivity index (χ2n) is 5.62. The Morgan fingerprint density at radius 1 is 1.09 bits per heavy atom. The fourth-order valence-electron chi connectivity index (χ4n) is 2.60. The van der Waals surface area contributed by atoms with Crippen molar-refractivity contribution in [3.8, 4) is 0 Å². The summed E-state index contributed by atoms with van der Waals surface area (Å²) in [4.78, 5) is 29.2. The molecule has 1 amide bonds. The van der Waals surface area contributed by atoms with E-state index in [0.717, 1.165) is 31.7 Å². The number of carbonyl (C=O) groups excluding carboxylic acids is 1. The molecule has 1 fully saturated rings. The van der Waals surface area contributed by atoms with Crippen LogP contribution in [-0.4, -0.2) is 73.1 Å². The standard InChI is InChI=1S/C16H23N3O3/c1-17-8-5-9-18(11-10-17)15(20)12-19(13-16(21)22)14-6-3-2-4-7-14/h2-4,6-7H,5,8-13H2,1H3,(H,21,22). The summed E-state index contributed by atoms with van der Waals surface area (Å²) in [5, 5.41) is 9.07. The molecule has 0 bridgehead atoms. The van der Waals surface area contributed by atoms with Crippen molar-refractivity contribution in [2.24, 2.45) is 0 Å². The minimum absolute atomic E-state index is 0.0135. The Morgan fingerprint density at radius 2 is 1.82 bits per heavy atom. The Hall–Kier alpha value is -2.08. The third kappa shape index (κ3) is 4.73. The van der Waals surface area contributed by atoms with Crippen LogP contribution in [0, 0.1) is 0 Å². The second kappa shape index (κ2) is 7.79. The number of nitrogens with zero attached hydrogens (tertiary/aromatic N) is 3. The summed E-state index contributed by atoms with van der Waals surface area (Å²) in [6.45, 7) is 3.20. The number of likely N-dealkylation sites (N-methyl/N-ethyl adjacent to an activating group) is 1. The van der Waals surface area contributed by atoms with Gasteiger partial charge in [-0.1, -0.05) is 18.2 Å². The number of carboxylic acids is 1. The van der Waals surface area contributed by atoms with E-state index in [0.29, 0.717) is 6.54 Å². The lowest BCUT2D eigenvalue weighted by Crippen LogP contribution is -2.43. The predicted octanol–water partition coefficient (Wildman–Crippen LogP) is 0.742. The first-order valence-electron chi connectivity index (χ1n) is 7.54. The number of amides is 1. The Labute approximate surface area is 130 Å². The Morgan fingerprint density at radius 3 is 2.50 bits per heavy atom. The van der Waals surface area contributed by atoms with Gasteiger partial charge in [-0.15, -0.1) is 0 Å². The summed E-state index contributed by atoms with van der Waals surface area (Å²) < 4.78 is 0. The highest BCUT2D eigenvalue weighted by Gasteiger charge is 2.21. The van der Waals surface area contributed by atoms with Crippen LogP contribution in [0.4, 0.5) is 5.69 Å². The molecule has 1 aromatic carbocycles. The lowest BCUT2D eigenvalue weighted by atomic mass is 10.2. The average Bonchev–Trinajstić information content (AvgIpc) is 2.72. The first-order valence-corrected chi connectivity index (χ1v) is 7.54. The molecule has 120 valence electrons. The minimum Gasteiger partial charge on any atom is -0.480 e. The zero-order valence-corrected chi connectivity index (χ0v) is 12.9. The minimum atomic E-state index is -0.938. The number of aliphatic carboxylic acids is 1. The molecule has 0 radical (unpaired) electrons. The van der Waals surface area contributed by atoms with E-state index in [1.165, 1.54) is 0 Å². The molecule has 1 N–H and O–H groups in total. The molecule has 6 heteroatoms. The molecule has 1 aromatic rings. The number of carbonyl (C=O) groups is 2. The van der Waals surface area contributed by atoms with Crippen LogP contribution in [0.25, 0.3) is 0 Å². The van der Waals surface area contributed by atoms with Gasteiger partial charge in [0.25, 0.3) is 0 Å². The van der Waals surface area contributed by atoms with Crippen molar-refractivity contribution >= 4 is 17.6 Å². The van der Waals surface area contributed by atoms with Crippen molar-refractivity contribution in [1.82, 2.24) is 9.80 Å². The third-order valence-corrected chi connectivity index (χ3v) is 3.85. The molecule has 1 heterocycles. The molecule has 0 saturated carbocycles. The normalized spacial score (nSPS) is 16.1. The Balaban J connectivity index is 2.03. The number of benzene rings is 1. The van der Waals surface area contributed by atoms with Crippen molar-refractivity contribution < 1.29 is 14.7 Å². The SMILES string of the molecule is CN1CCCN(C(=O)CN(CC(=O)O)c2ccccc2)CC1. The van der Waals surface area contributed by atoms with E-state index in [9.17, 15) is 9.59 Å². The molecule has 0 aliphatic carbocycles. The fourth-order valence-corrected chi connectivity index (χ4v) is 2.60. The molecule has 22 heavy (non-hydrogen) atoms. The molecule has 0 spiro atoms. The van der Waals surface area contributed by atoms with Gasteiger partial charge in [0.05, 0.1) is 6.54 Å². The summed E-state index contributed by atoms with van der Waals surface area (Å²) in [5.41, 5.74) is 0.755. The van der Waals surface area contributed by atoms with E-state index in [2.05, 4.69) is 11.9 Å². The summed E-state index contributed by atoms with van der Waals surface area (Å²) >= 11 is 0. The van der Waals surface area contributed by atoms with Crippen LogP contribution in [-0.2, 0) is 9.59 Å². The number of carboxylic acid groups (broad SMARTS) is 1. The number of rotatable bonds is 5. The number of para-hydroxylation sites is 1. The van der Waals surface area contributed by atoms with Crippen molar-refractivity contribution in [3.63, 3.8) is 0 Å².